The van der Waals surface area contributed by atoms with E-state index in [2.05, 4.69) is 33.9 Å². The molecule has 3 atom stereocenters. The van der Waals surface area contributed by atoms with E-state index in [1.165, 1.54) is 19.0 Å². The lowest BCUT2D eigenvalue weighted by atomic mass is 10.2. The molecule has 11 heavy (non-hydrogen) atoms. The number of hydrogen-bond donors (Lipinski definition) is 0. The highest BCUT2D eigenvalue weighted by atomic mass is 31.1. The van der Waals surface area contributed by atoms with Gasteiger partial charge >= 0.3 is 0 Å². The topological polar surface area (TPSA) is 0 Å². The van der Waals surface area contributed by atoms with E-state index in [4.69, 9.17) is 0 Å². The van der Waals surface area contributed by atoms with E-state index in [-0.39, 0.29) is 0 Å². The summed E-state index contributed by atoms with van der Waals surface area (Å²) >= 11 is 0. The van der Waals surface area contributed by atoms with Crippen molar-refractivity contribution in [2.24, 2.45) is 11.8 Å². The summed E-state index contributed by atoms with van der Waals surface area (Å²) in [4.78, 5) is 0. The Morgan fingerprint density at radius 3 is 2.27 bits per heavy atom. The van der Waals surface area contributed by atoms with Gasteiger partial charge in [-0.2, -0.15) is 5.92 Å². The van der Waals surface area contributed by atoms with Crippen LogP contribution in [-0.2, 0) is 0 Å². The van der Waals surface area contributed by atoms with Crippen LogP contribution in [0.3, 0.4) is 0 Å². The van der Waals surface area contributed by atoms with Gasteiger partial charge in [0.05, 0.1) is 0 Å². The predicted molar refractivity (Wildman–Crippen MR) is 56.4 cm³/mol. The Morgan fingerprint density at radius 2 is 1.82 bits per heavy atom. The molecule has 0 saturated carbocycles. The zero-order valence-electron chi connectivity index (χ0n) is 8.35. The molecule has 0 rings (SSSR count). The SMILES string of the molecule is CCC(C)[CH-]PCC(C)CC. The Bertz CT molecular complexity index is 70.9. The van der Waals surface area contributed by atoms with Crippen LogP contribution in [0.15, 0.2) is 0 Å². The summed E-state index contributed by atoms with van der Waals surface area (Å²) in [5, 5.41) is 0. The molecule has 0 spiro atoms. The third-order valence-electron chi connectivity index (χ3n) is 2.21. The molecule has 0 nitrogen and oxygen atoms in total. The number of hydrogen-bond acceptors (Lipinski definition) is 0. The molecule has 0 aromatic rings. The molecule has 0 aliphatic heterocycles. The van der Waals surface area contributed by atoms with Crippen LogP contribution in [0.2, 0.25) is 0 Å². The molecular weight excluding hydrogens is 151 g/mol. The van der Waals surface area contributed by atoms with Gasteiger partial charge in [0, 0.05) is 0 Å². The van der Waals surface area contributed by atoms with Crippen LogP contribution in [0.4, 0.5) is 0 Å². The largest absolute Gasteiger partial charge is 0.302 e. The molecule has 0 amide bonds. The first-order chi connectivity index (χ1) is 5.20. The third kappa shape index (κ3) is 6.81. The summed E-state index contributed by atoms with van der Waals surface area (Å²) in [5.74, 6) is 1.76. The number of rotatable bonds is 6. The van der Waals surface area contributed by atoms with Gasteiger partial charge in [-0.1, -0.05) is 46.7 Å². The second kappa shape index (κ2) is 7.10. The lowest BCUT2D eigenvalue weighted by Gasteiger charge is -2.21. The molecule has 0 heterocycles. The maximum atomic E-state index is 2.49. The molecular formula is C10H22P-. The zero-order chi connectivity index (χ0) is 8.69. The Kier molecular flexibility index (Phi) is 7.38. The minimum atomic E-state index is 0.831. The van der Waals surface area contributed by atoms with Crippen molar-refractivity contribution in [3.8, 4) is 0 Å². The summed E-state index contributed by atoms with van der Waals surface area (Å²) in [6, 6.07) is 0. The molecule has 0 aliphatic carbocycles. The van der Waals surface area contributed by atoms with Crippen LogP contribution >= 0.6 is 8.58 Å². The van der Waals surface area contributed by atoms with Crippen LogP contribution < -0.4 is 0 Å². The zero-order valence-corrected chi connectivity index (χ0v) is 9.35. The minimum Gasteiger partial charge on any atom is -0.302 e. The van der Waals surface area contributed by atoms with Crippen molar-refractivity contribution in [2.45, 2.75) is 40.5 Å². The summed E-state index contributed by atoms with van der Waals surface area (Å²) < 4.78 is 0. The van der Waals surface area contributed by atoms with Gasteiger partial charge in [-0.05, 0) is 5.92 Å². The molecule has 0 saturated heterocycles. The first-order valence-corrected chi connectivity index (χ1v) is 6.05. The molecule has 0 bridgehead atoms. The highest BCUT2D eigenvalue weighted by molar-refractivity contribution is 7.40. The van der Waals surface area contributed by atoms with Crippen molar-refractivity contribution in [1.29, 1.82) is 0 Å². The molecule has 0 N–H and O–H groups in total. The summed E-state index contributed by atoms with van der Waals surface area (Å²) in [7, 11) is 1.08. The highest BCUT2D eigenvalue weighted by Crippen LogP contribution is 2.26. The molecule has 0 aliphatic rings. The van der Waals surface area contributed by atoms with Crippen LogP contribution in [0, 0.1) is 18.0 Å². The third-order valence-corrected chi connectivity index (χ3v) is 3.95. The van der Waals surface area contributed by atoms with E-state index in [1.807, 2.05) is 0 Å². The van der Waals surface area contributed by atoms with Gasteiger partial charge in [0.1, 0.15) is 0 Å². The molecule has 3 unspecified atom stereocenters. The Labute approximate surface area is 73.9 Å². The fourth-order valence-electron chi connectivity index (χ4n) is 0.733. The molecule has 0 fully saturated rings. The summed E-state index contributed by atoms with van der Waals surface area (Å²) in [6.45, 7) is 9.19. The van der Waals surface area contributed by atoms with Gasteiger partial charge < -0.3 is 6.16 Å². The van der Waals surface area contributed by atoms with Crippen molar-refractivity contribution in [3.63, 3.8) is 0 Å². The average Bonchev–Trinajstić information content (AvgIpc) is 2.04. The first-order valence-electron chi connectivity index (χ1n) is 4.77. The van der Waals surface area contributed by atoms with Gasteiger partial charge in [0.15, 0.2) is 0 Å². The molecule has 0 aromatic carbocycles. The van der Waals surface area contributed by atoms with Crippen molar-refractivity contribution in [3.05, 3.63) is 6.16 Å². The highest BCUT2D eigenvalue weighted by Gasteiger charge is 1.94. The Balaban J connectivity index is 3.13. The van der Waals surface area contributed by atoms with Crippen LogP contribution in [0.5, 0.6) is 0 Å². The van der Waals surface area contributed by atoms with E-state index in [1.54, 1.807) is 0 Å². The fourth-order valence-corrected chi connectivity index (χ4v) is 2.20. The second-order valence-corrected chi connectivity index (χ2v) is 4.62. The molecule has 0 aromatic heterocycles. The predicted octanol–water partition coefficient (Wildman–Crippen LogP) is 3.92. The standard InChI is InChI=1S/C10H22P/c1-5-9(3)7-11-8-10(4)6-2/h7,9-11H,5-6,8H2,1-4H3/q-1. The van der Waals surface area contributed by atoms with Crippen molar-refractivity contribution < 1.29 is 0 Å². The molecule has 68 valence electrons. The normalized spacial score (nSPS) is 17.5. The van der Waals surface area contributed by atoms with Crippen molar-refractivity contribution >= 4 is 8.58 Å². The van der Waals surface area contributed by atoms with Gasteiger partial charge in [-0.15, -0.1) is 0 Å². The van der Waals surface area contributed by atoms with Crippen LogP contribution in [0.1, 0.15) is 40.5 Å². The Morgan fingerprint density at radius 1 is 1.18 bits per heavy atom. The molecule has 1 heteroatoms. The van der Waals surface area contributed by atoms with Crippen LogP contribution in [0.25, 0.3) is 0 Å². The second-order valence-electron chi connectivity index (χ2n) is 3.47. The Hall–Kier alpha value is 0.430. The lowest BCUT2D eigenvalue weighted by Crippen LogP contribution is -1.95. The first kappa shape index (κ1) is 11.4. The average molecular weight is 173 g/mol. The lowest BCUT2D eigenvalue weighted by molar-refractivity contribution is 0.631. The van der Waals surface area contributed by atoms with Crippen molar-refractivity contribution in [2.75, 3.05) is 6.16 Å². The van der Waals surface area contributed by atoms with Crippen LogP contribution in [-0.4, -0.2) is 6.16 Å². The maximum absolute atomic E-state index is 2.49. The maximum Gasteiger partial charge on any atom is -0.0432 e. The summed E-state index contributed by atoms with van der Waals surface area (Å²) in [6.07, 6.45) is 6.53. The van der Waals surface area contributed by atoms with E-state index in [9.17, 15) is 0 Å². The monoisotopic (exact) mass is 173 g/mol. The van der Waals surface area contributed by atoms with E-state index >= 15 is 0 Å². The molecule has 0 radical (unpaired) electrons. The minimum absolute atomic E-state index is 0.831. The van der Waals surface area contributed by atoms with E-state index in [0.717, 1.165) is 20.4 Å². The van der Waals surface area contributed by atoms with E-state index < -0.39 is 0 Å². The van der Waals surface area contributed by atoms with Gasteiger partial charge in [0.25, 0.3) is 0 Å². The van der Waals surface area contributed by atoms with Gasteiger partial charge in [0.2, 0.25) is 0 Å². The van der Waals surface area contributed by atoms with Gasteiger partial charge in [-0.3, -0.25) is 8.58 Å². The summed E-state index contributed by atoms with van der Waals surface area (Å²) in [5.41, 5.74) is 0. The van der Waals surface area contributed by atoms with Crippen molar-refractivity contribution in [1.82, 2.24) is 0 Å². The quantitative estimate of drug-likeness (QED) is 0.422. The van der Waals surface area contributed by atoms with E-state index in [0.29, 0.717) is 0 Å². The fraction of sp³-hybridized carbons (Fsp3) is 0.900. The smallest absolute Gasteiger partial charge is 0.0432 e. The van der Waals surface area contributed by atoms with Gasteiger partial charge in [-0.25, -0.2) is 0 Å².